The number of nitrogens with zero attached hydrogens (tertiary/aromatic N) is 2. The van der Waals surface area contributed by atoms with E-state index in [4.69, 9.17) is 4.52 Å². The summed E-state index contributed by atoms with van der Waals surface area (Å²) in [6.07, 6.45) is 1.36. The van der Waals surface area contributed by atoms with Gasteiger partial charge in [-0.2, -0.15) is 4.98 Å². The van der Waals surface area contributed by atoms with Crippen molar-refractivity contribution in [1.82, 2.24) is 10.1 Å². The molecule has 0 saturated carbocycles. The fourth-order valence-electron chi connectivity index (χ4n) is 1.71. The first-order chi connectivity index (χ1) is 8.69. The minimum absolute atomic E-state index is 0.112. The SMILES string of the molecule is CCC(=O)Cc1nc(Cc2ccccc2C)no1. The van der Waals surface area contributed by atoms with Crippen LogP contribution in [0, 0.1) is 6.92 Å². The van der Waals surface area contributed by atoms with Crippen LogP contribution in [0.1, 0.15) is 36.2 Å². The van der Waals surface area contributed by atoms with Crippen molar-refractivity contribution in [1.29, 1.82) is 0 Å². The van der Waals surface area contributed by atoms with E-state index >= 15 is 0 Å². The molecule has 0 N–H and O–H groups in total. The number of carbonyl (C=O) groups excluding carboxylic acids is 1. The van der Waals surface area contributed by atoms with Gasteiger partial charge in [0, 0.05) is 12.8 Å². The van der Waals surface area contributed by atoms with Crippen LogP contribution in [0.15, 0.2) is 28.8 Å². The zero-order valence-electron chi connectivity index (χ0n) is 10.6. The summed E-state index contributed by atoms with van der Waals surface area (Å²) in [4.78, 5) is 15.5. The number of rotatable bonds is 5. The highest BCUT2D eigenvalue weighted by Crippen LogP contribution is 2.12. The van der Waals surface area contributed by atoms with Gasteiger partial charge in [0.25, 0.3) is 0 Å². The summed E-state index contributed by atoms with van der Waals surface area (Å²) in [6.45, 7) is 3.88. The van der Waals surface area contributed by atoms with E-state index < -0.39 is 0 Å². The fourth-order valence-corrected chi connectivity index (χ4v) is 1.71. The monoisotopic (exact) mass is 244 g/mol. The molecule has 4 heteroatoms. The van der Waals surface area contributed by atoms with Gasteiger partial charge in [-0.1, -0.05) is 36.3 Å². The van der Waals surface area contributed by atoms with E-state index in [0.717, 1.165) is 0 Å². The smallest absolute Gasteiger partial charge is 0.234 e. The predicted octanol–water partition coefficient (Wildman–Crippen LogP) is 2.49. The van der Waals surface area contributed by atoms with Gasteiger partial charge in [-0.25, -0.2) is 0 Å². The lowest BCUT2D eigenvalue weighted by molar-refractivity contribution is -0.118. The standard InChI is InChI=1S/C14H16N2O2/c1-3-12(17)9-14-15-13(16-18-14)8-11-7-5-4-6-10(11)2/h4-7H,3,8-9H2,1-2H3. The van der Waals surface area contributed by atoms with Crippen LogP contribution in [0.25, 0.3) is 0 Å². The maximum atomic E-state index is 11.3. The molecular weight excluding hydrogens is 228 g/mol. The third-order valence-electron chi connectivity index (χ3n) is 2.86. The van der Waals surface area contributed by atoms with Crippen LogP contribution in [0.4, 0.5) is 0 Å². The normalized spacial score (nSPS) is 10.6. The maximum absolute atomic E-state index is 11.3. The average molecular weight is 244 g/mol. The quantitative estimate of drug-likeness (QED) is 0.810. The lowest BCUT2D eigenvalue weighted by Gasteiger charge is -2.00. The first kappa shape index (κ1) is 12.5. The fraction of sp³-hybridized carbons (Fsp3) is 0.357. The Balaban J connectivity index is 2.07. The summed E-state index contributed by atoms with van der Waals surface area (Å²) >= 11 is 0. The Bertz CT molecular complexity index is 546. The molecule has 1 aromatic carbocycles. The maximum Gasteiger partial charge on any atom is 0.234 e. The van der Waals surface area contributed by atoms with E-state index in [1.54, 1.807) is 0 Å². The Morgan fingerprint density at radius 3 is 2.83 bits per heavy atom. The van der Waals surface area contributed by atoms with Gasteiger partial charge in [-0.05, 0) is 18.1 Å². The Morgan fingerprint density at radius 2 is 2.11 bits per heavy atom. The summed E-state index contributed by atoms with van der Waals surface area (Å²) in [7, 11) is 0. The van der Waals surface area contributed by atoms with E-state index in [1.165, 1.54) is 11.1 Å². The van der Waals surface area contributed by atoms with Gasteiger partial charge in [0.2, 0.25) is 5.89 Å². The average Bonchev–Trinajstić information content (AvgIpc) is 2.79. The predicted molar refractivity (Wildman–Crippen MR) is 67.3 cm³/mol. The van der Waals surface area contributed by atoms with Gasteiger partial charge in [0.15, 0.2) is 5.82 Å². The van der Waals surface area contributed by atoms with Crippen molar-refractivity contribution in [3.63, 3.8) is 0 Å². The van der Waals surface area contributed by atoms with Gasteiger partial charge < -0.3 is 4.52 Å². The van der Waals surface area contributed by atoms with Gasteiger partial charge >= 0.3 is 0 Å². The highest BCUT2D eigenvalue weighted by molar-refractivity contribution is 5.79. The molecule has 0 amide bonds. The van der Waals surface area contributed by atoms with Gasteiger partial charge in [-0.3, -0.25) is 4.79 Å². The number of hydrogen-bond donors (Lipinski definition) is 0. The van der Waals surface area contributed by atoms with E-state index in [2.05, 4.69) is 23.1 Å². The van der Waals surface area contributed by atoms with Crippen molar-refractivity contribution in [3.8, 4) is 0 Å². The second-order valence-electron chi connectivity index (χ2n) is 4.28. The van der Waals surface area contributed by atoms with E-state index in [-0.39, 0.29) is 12.2 Å². The third kappa shape index (κ3) is 3.03. The van der Waals surface area contributed by atoms with Crippen LogP contribution in [-0.4, -0.2) is 15.9 Å². The molecular formula is C14H16N2O2. The number of aryl methyl sites for hydroxylation is 1. The molecule has 2 aromatic rings. The van der Waals surface area contributed by atoms with Crippen molar-refractivity contribution in [2.24, 2.45) is 0 Å². The van der Waals surface area contributed by atoms with E-state index in [9.17, 15) is 4.79 Å². The molecule has 4 nitrogen and oxygen atoms in total. The highest BCUT2D eigenvalue weighted by Gasteiger charge is 2.10. The Kier molecular flexibility index (Phi) is 3.87. The Morgan fingerprint density at radius 1 is 1.33 bits per heavy atom. The lowest BCUT2D eigenvalue weighted by atomic mass is 10.1. The summed E-state index contributed by atoms with van der Waals surface area (Å²) in [5.74, 6) is 1.15. The van der Waals surface area contributed by atoms with Crippen molar-refractivity contribution in [3.05, 3.63) is 47.1 Å². The molecule has 2 rings (SSSR count). The van der Waals surface area contributed by atoms with Crippen molar-refractivity contribution in [2.45, 2.75) is 33.1 Å². The number of ketones is 1. The van der Waals surface area contributed by atoms with E-state index in [0.29, 0.717) is 24.6 Å². The largest absolute Gasteiger partial charge is 0.339 e. The van der Waals surface area contributed by atoms with E-state index in [1.807, 2.05) is 25.1 Å². The minimum Gasteiger partial charge on any atom is -0.339 e. The molecule has 18 heavy (non-hydrogen) atoms. The number of carbonyl (C=O) groups is 1. The number of Topliss-reactive ketones (excluding diaryl/α,β-unsaturated/α-hetero) is 1. The molecule has 0 spiro atoms. The zero-order chi connectivity index (χ0) is 13.0. The molecule has 0 aliphatic heterocycles. The minimum atomic E-state index is 0.112. The third-order valence-corrected chi connectivity index (χ3v) is 2.86. The van der Waals surface area contributed by atoms with Crippen molar-refractivity contribution < 1.29 is 9.32 Å². The van der Waals surface area contributed by atoms with Crippen molar-refractivity contribution >= 4 is 5.78 Å². The molecule has 0 saturated heterocycles. The van der Waals surface area contributed by atoms with Crippen LogP contribution in [0.2, 0.25) is 0 Å². The van der Waals surface area contributed by atoms with Gasteiger partial charge in [-0.15, -0.1) is 0 Å². The van der Waals surface area contributed by atoms with Crippen LogP contribution in [0.3, 0.4) is 0 Å². The summed E-state index contributed by atoms with van der Waals surface area (Å²) in [5.41, 5.74) is 2.38. The van der Waals surface area contributed by atoms with Gasteiger partial charge in [0.1, 0.15) is 5.78 Å². The molecule has 0 aliphatic rings. The first-order valence-electron chi connectivity index (χ1n) is 6.06. The molecule has 0 atom stereocenters. The molecule has 94 valence electrons. The first-order valence-corrected chi connectivity index (χ1v) is 6.06. The Labute approximate surface area is 106 Å². The molecule has 0 aliphatic carbocycles. The molecule has 0 unspecified atom stereocenters. The van der Waals surface area contributed by atoms with Crippen LogP contribution in [-0.2, 0) is 17.6 Å². The number of aromatic nitrogens is 2. The van der Waals surface area contributed by atoms with Crippen molar-refractivity contribution in [2.75, 3.05) is 0 Å². The zero-order valence-corrected chi connectivity index (χ0v) is 10.6. The lowest BCUT2D eigenvalue weighted by Crippen LogP contribution is -2.01. The molecule has 1 heterocycles. The molecule has 1 aromatic heterocycles. The second-order valence-corrected chi connectivity index (χ2v) is 4.28. The molecule has 0 fully saturated rings. The van der Waals surface area contributed by atoms with Crippen LogP contribution < -0.4 is 0 Å². The van der Waals surface area contributed by atoms with Crippen LogP contribution >= 0.6 is 0 Å². The highest BCUT2D eigenvalue weighted by atomic mass is 16.5. The second kappa shape index (κ2) is 5.58. The summed E-state index contributed by atoms with van der Waals surface area (Å²) < 4.78 is 5.07. The summed E-state index contributed by atoms with van der Waals surface area (Å²) in [5, 5.41) is 3.90. The number of hydrogen-bond acceptors (Lipinski definition) is 4. The molecule has 0 radical (unpaired) electrons. The van der Waals surface area contributed by atoms with Crippen LogP contribution in [0.5, 0.6) is 0 Å². The summed E-state index contributed by atoms with van der Waals surface area (Å²) in [6, 6.07) is 8.09. The molecule has 0 bridgehead atoms. The Hall–Kier alpha value is -1.97. The van der Waals surface area contributed by atoms with Gasteiger partial charge in [0.05, 0.1) is 6.42 Å². The topological polar surface area (TPSA) is 56.0 Å². The number of benzene rings is 1.